The van der Waals surface area contributed by atoms with Gasteiger partial charge in [0.15, 0.2) is 5.79 Å². The summed E-state index contributed by atoms with van der Waals surface area (Å²) in [4.78, 5) is 8.34. The van der Waals surface area contributed by atoms with Crippen molar-refractivity contribution in [1.82, 2.24) is 9.97 Å². The van der Waals surface area contributed by atoms with Crippen LogP contribution in [0.4, 0.5) is 5.95 Å². The lowest BCUT2D eigenvalue weighted by atomic mass is 10.4. The number of ether oxygens (including phenoxy) is 3. The van der Waals surface area contributed by atoms with Crippen LogP contribution in [0.15, 0.2) is 10.7 Å². The SMILES string of the molecule is COc1nc(NCC2COC(C)(C)O2)ncc1Br. The Morgan fingerprint density at radius 2 is 2.39 bits per heavy atom. The first kappa shape index (κ1) is 13.5. The van der Waals surface area contributed by atoms with Gasteiger partial charge >= 0.3 is 0 Å². The van der Waals surface area contributed by atoms with Gasteiger partial charge in [0.2, 0.25) is 11.8 Å². The van der Waals surface area contributed by atoms with E-state index < -0.39 is 5.79 Å². The summed E-state index contributed by atoms with van der Waals surface area (Å²) in [6.45, 7) is 4.94. The quantitative estimate of drug-likeness (QED) is 0.913. The van der Waals surface area contributed by atoms with Crippen molar-refractivity contribution >= 4 is 21.9 Å². The lowest BCUT2D eigenvalue weighted by Crippen LogP contribution is -2.26. The summed E-state index contributed by atoms with van der Waals surface area (Å²) in [6.07, 6.45) is 1.64. The highest BCUT2D eigenvalue weighted by atomic mass is 79.9. The molecule has 0 aromatic carbocycles. The van der Waals surface area contributed by atoms with Gasteiger partial charge < -0.3 is 19.5 Å². The molecule has 1 aliphatic rings. The molecule has 100 valence electrons. The van der Waals surface area contributed by atoms with Gasteiger partial charge in [0.25, 0.3) is 0 Å². The number of halogens is 1. The van der Waals surface area contributed by atoms with Crippen molar-refractivity contribution in [1.29, 1.82) is 0 Å². The van der Waals surface area contributed by atoms with Gasteiger partial charge in [-0.3, -0.25) is 0 Å². The van der Waals surface area contributed by atoms with Crippen molar-refractivity contribution in [3.05, 3.63) is 10.7 Å². The van der Waals surface area contributed by atoms with E-state index in [0.717, 1.165) is 4.47 Å². The van der Waals surface area contributed by atoms with E-state index in [1.54, 1.807) is 13.3 Å². The molecule has 7 heteroatoms. The van der Waals surface area contributed by atoms with Crippen LogP contribution in [-0.2, 0) is 9.47 Å². The van der Waals surface area contributed by atoms with E-state index in [1.165, 1.54) is 0 Å². The first-order valence-electron chi connectivity index (χ1n) is 5.62. The molecule has 1 atom stereocenters. The Kier molecular flexibility index (Phi) is 4.04. The van der Waals surface area contributed by atoms with Gasteiger partial charge in [-0.25, -0.2) is 4.98 Å². The molecule has 2 heterocycles. The van der Waals surface area contributed by atoms with Gasteiger partial charge in [-0.2, -0.15) is 4.98 Å². The maximum atomic E-state index is 5.67. The van der Waals surface area contributed by atoms with E-state index in [1.807, 2.05) is 13.8 Å². The zero-order valence-electron chi connectivity index (χ0n) is 10.6. The summed E-state index contributed by atoms with van der Waals surface area (Å²) in [6, 6.07) is 0. The molecular formula is C11H16BrN3O3. The summed E-state index contributed by atoms with van der Waals surface area (Å²) in [5.41, 5.74) is 0. The van der Waals surface area contributed by atoms with Gasteiger partial charge in [0.05, 0.1) is 24.4 Å². The fourth-order valence-electron chi connectivity index (χ4n) is 1.65. The van der Waals surface area contributed by atoms with Crippen molar-refractivity contribution < 1.29 is 14.2 Å². The molecule has 0 radical (unpaired) electrons. The zero-order valence-corrected chi connectivity index (χ0v) is 12.2. The minimum Gasteiger partial charge on any atom is -0.480 e. The molecule has 1 N–H and O–H groups in total. The molecule has 18 heavy (non-hydrogen) atoms. The summed E-state index contributed by atoms with van der Waals surface area (Å²) in [7, 11) is 1.56. The molecule has 1 aromatic rings. The topological polar surface area (TPSA) is 65.5 Å². The lowest BCUT2D eigenvalue weighted by molar-refractivity contribution is -0.136. The van der Waals surface area contributed by atoms with Crippen LogP contribution in [0.5, 0.6) is 5.88 Å². The van der Waals surface area contributed by atoms with Crippen molar-refractivity contribution in [2.75, 3.05) is 25.6 Å². The standard InChI is InChI=1S/C11H16BrN3O3/c1-11(2)17-6-7(18-11)4-13-10-14-5-8(12)9(15-10)16-3/h5,7H,4,6H2,1-3H3,(H,13,14,15). The highest BCUT2D eigenvalue weighted by molar-refractivity contribution is 9.10. The van der Waals surface area contributed by atoms with Gasteiger partial charge in [0.1, 0.15) is 6.10 Å². The Balaban J connectivity index is 1.91. The van der Waals surface area contributed by atoms with Crippen LogP contribution in [0.25, 0.3) is 0 Å². The maximum absolute atomic E-state index is 5.67. The molecule has 0 spiro atoms. The lowest BCUT2D eigenvalue weighted by Gasteiger charge is -2.17. The molecule has 2 rings (SSSR count). The number of aromatic nitrogens is 2. The van der Waals surface area contributed by atoms with Crippen LogP contribution in [0.3, 0.4) is 0 Å². The molecule has 1 aromatic heterocycles. The van der Waals surface area contributed by atoms with E-state index in [4.69, 9.17) is 14.2 Å². The number of anilines is 1. The Morgan fingerprint density at radius 3 is 3.00 bits per heavy atom. The Labute approximate surface area is 114 Å². The molecule has 0 bridgehead atoms. The van der Waals surface area contributed by atoms with Crippen LogP contribution in [0, 0.1) is 0 Å². The normalized spacial score (nSPS) is 21.9. The zero-order chi connectivity index (χ0) is 13.2. The van der Waals surface area contributed by atoms with Gasteiger partial charge in [-0.1, -0.05) is 0 Å². The average Bonchev–Trinajstić information content (AvgIpc) is 2.68. The minimum atomic E-state index is -0.509. The van der Waals surface area contributed by atoms with E-state index in [0.29, 0.717) is 25.0 Å². The Morgan fingerprint density at radius 1 is 1.61 bits per heavy atom. The highest BCUT2D eigenvalue weighted by Gasteiger charge is 2.32. The van der Waals surface area contributed by atoms with Crippen LogP contribution < -0.4 is 10.1 Å². The summed E-state index contributed by atoms with van der Waals surface area (Å²) < 4.78 is 17.0. The molecule has 0 saturated carbocycles. The van der Waals surface area contributed by atoms with Crippen LogP contribution in [0.1, 0.15) is 13.8 Å². The van der Waals surface area contributed by atoms with Crippen molar-refractivity contribution in [3.63, 3.8) is 0 Å². The van der Waals surface area contributed by atoms with Gasteiger partial charge in [0, 0.05) is 6.54 Å². The third-order valence-electron chi connectivity index (χ3n) is 2.46. The van der Waals surface area contributed by atoms with Crippen molar-refractivity contribution in [2.24, 2.45) is 0 Å². The number of nitrogens with one attached hydrogen (secondary N) is 1. The van der Waals surface area contributed by atoms with Crippen LogP contribution in [0.2, 0.25) is 0 Å². The summed E-state index contributed by atoms with van der Waals surface area (Å²) in [5, 5.41) is 3.10. The minimum absolute atomic E-state index is 0.00163. The van der Waals surface area contributed by atoms with Crippen molar-refractivity contribution in [2.45, 2.75) is 25.7 Å². The summed E-state index contributed by atoms with van der Waals surface area (Å²) in [5.74, 6) is 0.490. The molecule has 0 aliphatic carbocycles. The number of hydrogen-bond acceptors (Lipinski definition) is 6. The maximum Gasteiger partial charge on any atom is 0.232 e. The molecular weight excluding hydrogens is 302 g/mol. The van der Waals surface area contributed by atoms with E-state index in [-0.39, 0.29) is 6.10 Å². The molecule has 1 aliphatic heterocycles. The number of methoxy groups -OCH3 is 1. The van der Waals surface area contributed by atoms with E-state index in [9.17, 15) is 0 Å². The number of rotatable bonds is 4. The predicted octanol–water partition coefficient (Wildman–Crippen LogP) is 1.81. The first-order chi connectivity index (χ1) is 8.50. The fraction of sp³-hybridized carbons (Fsp3) is 0.636. The third kappa shape index (κ3) is 3.30. The number of hydrogen-bond donors (Lipinski definition) is 1. The second-order valence-electron chi connectivity index (χ2n) is 4.38. The second-order valence-corrected chi connectivity index (χ2v) is 5.24. The van der Waals surface area contributed by atoms with Crippen LogP contribution >= 0.6 is 15.9 Å². The highest BCUT2D eigenvalue weighted by Crippen LogP contribution is 2.24. The van der Waals surface area contributed by atoms with E-state index >= 15 is 0 Å². The monoisotopic (exact) mass is 317 g/mol. The molecule has 1 fully saturated rings. The second kappa shape index (κ2) is 5.38. The third-order valence-corrected chi connectivity index (χ3v) is 3.00. The van der Waals surface area contributed by atoms with E-state index in [2.05, 4.69) is 31.2 Å². The molecule has 1 saturated heterocycles. The van der Waals surface area contributed by atoms with Gasteiger partial charge in [-0.05, 0) is 29.8 Å². The van der Waals surface area contributed by atoms with Crippen LogP contribution in [-0.4, -0.2) is 42.1 Å². The van der Waals surface area contributed by atoms with Crippen molar-refractivity contribution in [3.8, 4) is 5.88 Å². The summed E-state index contributed by atoms with van der Waals surface area (Å²) >= 11 is 3.30. The predicted molar refractivity (Wildman–Crippen MR) is 69.7 cm³/mol. The first-order valence-corrected chi connectivity index (χ1v) is 6.41. The Bertz CT molecular complexity index is 428. The average molecular weight is 318 g/mol. The molecule has 1 unspecified atom stereocenters. The molecule has 0 amide bonds. The smallest absolute Gasteiger partial charge is 0.232 e. The van der Waals surface area contributed by atoms with Gasteiger partial charge in [-0.15, -0.1) is 0 Å². The fourth-order valence-corrected chi connectivity index (χ4v) is 2.00. The molecule has 6 nitrogen and oxygen atoms in total. The largest absolute Gasteiger partial charge is 0.480 e. The Hall–Kier alpha value is -0.920. The number of nitrogens with zero attached hydrogens (tertiary/aromatic N) is 2.